The second kappa shape index (κ2) is 6.19. The van der Waals surface area contributed by atoms with E-state index >= 15 is 0 Å². The van der Waals surface area contributed by atoms with Crippen molar-refractivity contribution in [3.63, 3.8) is 0 Å². The topological polar surface area (TPSA) is 45.5 Å². The van der Waals surface area contributed by atoms with E-state index in [1.54, 1.807) is 10.9 Å². The number of aromatic nitrogens is 2. The summed E-state index contributed by atoms with van der Waals surface area (Å²) in [5.41, 5.74) is 0.279. The highest BCUT2D eigenvalue weighted by Gasteiger charge is 2.52. The molecule has 2 rings (SSSR count). The molecule has 1 aliphatic heterocycles. The zero-order valence-corrected chi connectivity index (χ0v) is 15.7. The molecule has 7 heteroatoms. The van der Waals surface area contributed by atoms with Gasteiger partial charge in [-0.25, -0.2) is 14.7 Å². The predicted octanol–water partition coefficient (Wildman–Crippen LogP) is 1.85. The van der Waals surface area contributed by atoms with Crippen LogP contribution in [0, 0.1) is 0 Å². The molecule has 0 amide bonds. The lowest BCUT2D eigenvalue weighted by atomic mass is 9.82. The highest BCUT2D eigenvalue weighted by atomic mass is 32.3. The lowest BCUT2D eigenvalue weighted by Crippen LogP contribution is -2.41. The van der Waals surface area contributed by atoms with Crippen molar-refractivity contribution in [3.05, 3.63) is 12.4 Å². The number of rotatable bonds is 6. The molecule has 0 N–H and O–H groups in total. The van der Waals surface area contributed by atoms with Crippen LogP contribution in [-0.2, 0) is 20.8 Å². The maximum atomic E-state index is 6.02. The average Bonchev–Trinajstić information content (AvgIpc) is 2.87. The Hall–Kier alpha value is -0.495. The van der Waals surface area contributed by atoms with E-state index in [-0.39, 0.29) is 18.3 Å². The minimum absolute atomic E-state index is 0.328. The Morgan fingerprint density at radius 1 is 1.18 bits per heavy atom. The molecule has 1 saturated heterocycles. The Morgan fingerprint density at radius 2 is 1.77 bits per heavy atom. The van der Waals surface area contributed by atoms with E-state index in [1.807, 2.05) is 6.20 Å². The molecule has 1 aliphatic rings. The first-order chi connectivity index (χ1) is 10.0. The SMILES string of the molecule is CC1(C)OB(c2cnn(COCCS(C)(C)C)c2)OC1(C)C. The van der Waals surface area contributed by atoms with Gasteiger partial charge in [-0.2, -0.15) is 5.10 Å². The fourth-order valence-corrected chi connectivity index (χ4v) is 2.64. The highest BCUT2D eigenvalue weighted by Crippen LogP contribution is 2.36. The molecule has 0 unspecified atom stereocenters. The molecular formula is C15H29BN2O3S. The second-order valence-electron chi connectivity index (χ2n) is 7.73. The van der Waals surface area contributed by atoms with Crippen LogP contribution in [0.4, 0.5) is 0 Å². The molecule has 5 nitrogen and oxygen atoms in total. The van der Waals surface area contributed by atoms with Gasteiger partial charge in [0.2, 0.25) is 0 Å². The quantitative estimate of drug-likeness (QED) is 0.591. The maximum Gasteiger partial charge on any atom is 0.498 e. The standard InChI is InChI=1S/C15H29BN2O3S/c1-14(2)15(3,4)21-16(20-14)13-10-17-18(11-13)12-19-8-9-22(5,6)7/h10-11H,8-9,12H2,1-7H3. The summed E-state index contributed by atoms with van der Waals surface area (Å²) in [5.74, 6) is 1.11. The third-order valence-electron chi connectivity index (χ3n) is 4.24. The molecule has 2 heterocycles. The Bertz CT molecular complexity index is 495. The minimum Gasteiger partial charge on any atom is -0.399 e. The fraction of sp³-hybridized carbons (Fsp3) is 0.800. The van der Waals surface area contributed by atoms with Gasteiger partial charge < -0.3 is 14.0 Å². The van der Waals surface area contributed by atoms with Gasteiger partial charge in [0.25, 0.3) is 0 Å². The van der Waals surface area contributed by atoms with Gasteiger partial charge >= 0.3 is 7.12 Å². The summed E-state index contributed by atoms with van der Waals surface area (Å²) < 4.78 is 19.5. The summed E-state index contributed by atoms with van der Waals surface area (Å²) in [7, 11) is -0.870. The van der Waals surface area contributed by atoms with Gasteiger partial charge in [0.15, 0.2) is 0 Å². The molecule has 0 radical (unpaired) electrons. The molecule has 0 aromatic carbocycles. The first-order valence-corrected chi connectivity index (χ1v) is 10.6. The van der Waals surface area contributed by atoms with E-state index < -0.39 is 10.0 Å². The lowest BCUT2D eigenvalue weighted by Gasteiger charge is -2.32. The van der Waals surface area contributed by atoms with E-state index in [9.17, 15) is 0 Å². The van der Waals surface area contributed by atoms with Crippen molar-refractivity contribution in [1.29, 1.82) is 0 Å². The Balaban J connectivity index is 1.87. The van der Waals surface area contributed by atoms with Gasteiger partial charge in [-0.15, -0.1) is 0 Å². The van der Waals surface area contributed by atoms with Gasteiger partial charge in [0.05, 0.1) is 17.8 Å². The Morgan fingerprint density at radius 3 is 2.32 bits per heavy atom. The average molecular weight is 328 g/mol. The van der Waals surface area contributed by atoms with Crippen LogP contribution >= 0.6 is 10.0 Å². The smallest absolute Gasteiger partial charge is 0.399 e. The van der Waals surface area contributed by atoms with E-state index in [0.717, 1.165) is 17.8 Å². The first-order valence-electron chi connectivity index (χ1n) is 7.62. The molecule has 0 bridgehead atoms. The van der Waals surface area contributed by atoms with Crippen molar-refractivity contribution in [1.82, 2.24) is 9.78 Å². The Labute approximate surface area is 136 Å². The normalized spacial score (nSPS) is 21.3. The van der Waals surface area contributed by atoms with Crippen molar-refractivity contribution in [2.75, 3.05) is 31.1 Å². The van der Waals surface area contributed by atoms with Gasteiger partial charge in [-0.3, -0.25) is 0 Å². The number of hydrogen-bond acceptors (Lipinski definition) is 4. The van der Waals surface area contributed by atoms with Gasteiger partial charge in [0, 0.05) is 23.6 Å². The number of ether oxygens (including phenoxy) is 1. The first kappa shape index (κ1) is 17.9. The molecule has 22 heavy (non-hydrogen) atoms. The minimum atomic E-state index is -0.507. The maximum absolute atomic E-state index is 6.02. The van der Waals surface area contributed by atoms with Crippen LogP contribution in [0.5, 0.6) is 0 Å². The van der Waals surface area contributed by atoms with Crippen LogP contribution in [-0.4, -0.2) is 59.2 Å². The summed E-state index contributed by atoms with van der Waals surface area (Å²) in [6, 6.07) is 0. The zero-order valence-electron chi connectivity index (χ0n) is 14.9. The fourth-order valence-electron chi connectivity index (χ4n) is 2.02. The molecule has 0 spiro atoms. The summed E-state index contributed by atoms with van der Waals surface area (Å²) in [6.45, 7) is 9.44. The summed E-state index contributed by atoms with van der Waals surface area (Å²) in [4.78, 5) is 0. The lowest BCUT2D eigenvalue weighted by molar-refractivity contribution is 0.00578. The molecule has 1 aromatic heterocycles. The van der Waals surface area contributed by atoms with Crippen LogP contribution in [0.15, 0.2) is 12.4 Å². The van der Waals surface area contributed by atoms with Crippen molar-refractivity contribution in [2.45, 2.75) is 45.6 Å². The van der Waals surface area contributed by atoms with E-state index in [2.05, 4.69) is 51.6 Å². The van der Waals surface area contributed by atoms with Crippen molar-refractivity contribution >= 4 is 22.6 Å². The van der Waals surface area contributed by atoms with Gasteiger partial charge in [-0.05, 0) is 46.5 Å². The van der Waals surface area contributed by atoms with Crippen LogP contribution < -0.4 is 5.46 Å². The molecule has 1 aromatic rings. The number of nitrogens with zero attached hydrogens (tertiary/aromatic N) is 2. The third-order valence-corrected chi connectivity index (χ3v) is 5.63. The highest BCUT2D eigenvalue weighted by molar-refractivity contribution is 8.32. The summed E-state index contributed by atoms with van der Waals surface area (Å²) in [5, 5.41) is 4.33. The van der Waals surface area contributed by atoms with Crippen LogP contribution in [0.3, 0.4) is 0 Å². The molecular weight excluding hydrogens is 299 g/mol. The predicted molar refractivity (Wildman–Crippen MR) is 94.1 cm³/mol. The molecule has 0 saturated carbocycles. The van der Waals surface area contributed by atoms with Gasteiger partial charge in [0.1, 0.15) is 6.73 Å². The van der Waals surface area contributed by atoms with Crippen LogP contribution in [0.25, 0.3) is 0 Å². The molecule has 1 fully saturated rings. The van der Waals surface area contributed by atoms with Crippen LogP contribution in [0.2, 0.25) is 0 Å². The summed E-state index contributed by atoms with van der Waals surface area (Å²) in [6.07, 6.45) is 10.6. The van der Waals surface area contributed by atoms with E-state index in [4.69, 9.17) is 14.0 Å². The Kier molecular flexibility index (Phi) is 5.02. The van der Waals surface area contributed by atoms with Crippen molar-refractivity contribution in [2.24, 2.45) is 0 Å². The van der Waals surface area contributed by atoms with Gasteiger partial charge in [-0.1, -0.05) is 0 Å². The third kappa shape index (κ3) is 4.28. The summed E-state index contributed by atoms with van der Waals surface area (Å²) >= 11 is 0. The van der Waals surface area contributed by atoms with Crippen LogP contribution in [0.1, 0.15) is 27.7 Å². The van der Waals surface area contributed by atoms with E-state index in [1.165, 1.54) is 0 Å². The molecule has 126 valence electrons. The zero-order chi connectivity index (χ0) is 16.6. The molecule has 0 aliphatic carbocycles. The number of hydrogen-bond donors (Lipinski definition) is 0. The molecule has 0 atom stereocenters. The van der Waals surface area contributed by atoms with Crippen molar-refractivity contribution in [3.8, 4) is 0 Å². The second-order valence-corrected chi connectivity index (χ2v) is 12.3. The monoisotopic (exact) mass is 328 g/mol. The van der Waals surface area contributed by atoms with Crippen molar-refractivity contribution < 1.29 is 14.0 Å². The largest absolute Gasteiger partial charge is 0.498 e. The van der Waals surface area contributed by atoms with E-state index in [0.29, 0.717) is 6.73 Å².